The molecule has 0 heterocycles. The van der Waals surface area contributed by atoms with Gasteiger partial charge >= 0.3 is 0 Å². The molecular weight excluding hydrogens is 236 g/mol. The lowest BCUT2D eigenvalue weighted by atomic mass is 10.0. The Hall–Kier alpha value is -0.500. The third-order valence-corrected chi connectivity index (χ3v) is 3.62. The quantitative estimate of drug-likeness (QED) is 0.304. The van der Waals surface area contributed by atoms with E-state index in [0.717, 1.165) is 19.3 Å². The summed E-state index contributed by atoms with van der Waals surface area (Å²) in [5.74, 6) is 0.332. The molecule has 0 rings (SSSR count). The molecule has 19 heavy (non-hydrogen) atoms. The molecule has 0 aliphatic heterocycles. The van der Waals surface area contributed by atoms with Gasteiger partial charge in [-0.3, -0.25) is 0 Å². The van der Waals surface area contributed by atoms with Crippen molar-refractivity contribution in [3.05, 3.63) is 12.3 Å². The Kier molecular flexibility index (Phi) is 15.1. The Labute approximate surface area is 119 Å². The summed E-state index contributed by atoms with van der Waals surface area (Å²) < 4.78 is 0. The van der Waals surface area contributed by atoms with Gasteiger partial charge in [0.2, 0.25) is 0 Å². The first-order chi connectivity index (χ1) is 9.27. The van der Waals surface area contributed by atoms with Crippen LogP contribution in [0.1, 0.15) is 89.9 Å². The summed E-state index contributed by atoms with van der Waals surface area (Å²) >= 11 is 0. The van der Waals surface area contributed by atoms with Crippen molar-refractivity contribution in [1.29, 1.82) is 0 Å². The van der Waals surface area contributed by atoms with Gasteiger partial charge in [-0.2, -0.15) is 0 Å². The highest BCUT2D eigenvalue weighted by Gasteiger charge is 1.94. The van der Waals surface area contributed by atoms with Crippen LogP contribution in [0.2, 0.25) is 0 Å². The summed E-state index contributed by atoms with van der Waals surface area (Å²) in [6, 6.07) is 0. The van der Waals surface area contributed by atoms with Crippen LogP contribution >= 0.6 is 0 Å². The molecule has 114 valence electrons. The molecule has 0 fully saturated rings. The third kappa shape index (κ3) is 17.5. The zero-order valence-corrected chi connectivity index (χ0v) is 12.7. The van der Waals surface area contributed by atoms with Gasteiger partial charge in [-0.1, -0.05) is 77.2 Å². The maximum atomic E-state index is 8.94. The van der Waals surface area contributed by atoms with Gasteiger partial charge in [0.05, 0.1) is 5.76 Å². The zero-order chi connectivity index (χ0) is 14.2. The number of aliphatic hydroxyl groups is 2. The summed E-state index contributed by atoms with van der Waals surface area (Å²) in [7, 11) is 0. The van der Waals surface area contributed by atoms with E-state index >= 15 is 0 Å². The Morgan fingerprint density at radius 2 is 0.895 bits per heavy atom. The molecule has 2 nitrogen and oxygen atoms in total. The van der Waals surface area contributed by atoms with Crippen LogP contribution in [0.3, 0.4) is 0 Å². The molecular formula is C17H34O2. The van der Waals surface area contributed by atoms with Gasteiger partial charge in [-0.25, -0.2) is 0 Å². The van der Waals surface area contributed by atoms with E-state index in [2.05, 4.69) is 6.58 Å². The van der Waals surface area contributed by atoms with E-state index in [1.807, 2.05) is 0 Å². The Balaban J connectivity index is 2.93. The van der Waals surface area contributed by atoms with Crippen LogP contribution in [0, 0.1) is 0 Å². The van der Waals surface area contributed by atoms with E-state index in [4.69, 9.17) is 10.2 Å². The number of hydrogen-bond donors (Lipinski definition) is 2. The normalized spacial score (nSPS) is 10.8. The maximum Gasteiger partial charge on any atom is 0.0851 e. The first-order valence-electron chi connectivity index (χ1n) is 8.25. The van der Waals surface area contributed by atoms with Gasteiger partial charge in [0.25, 0.3) is 0 Å². The Morgan fingerprint density at radius 1 is 0.579 bits per heavy atom. The molecule has 0 radical (unpaired) electrons. The van der Waals surface area contributed by atoms with Crippen molar-refractivity contribution >= 4 is 0 Å². The minimum atomic E-state index is 0.332. The summed E-state index contributed by atoms with van der Waals surface area (Å²) in [6.45, 7) is 3.85. The molecule has 2 heteroatoms. The van der Waals surface area contributed by atoms with Crippen LogP contribution in [0.5, 0.6) is 0 Å². The van der Waals surface area contributed by atoms with Gasteiger partial charge < -0.3 is 10.2 Å². The van der Waals surface area contributed by atoms with Gasteiger partial charge in [-0.05, 0) is 12.8 Å². The fourth-order valence-electron chi connectivity index (χ4n) is 2.39. The smallest absolute Gasteiger partial charge is 0.0851 e. The summed E-state index contributed by atoms with van der Waals surface area (Å²) in [5, 5.41) is 17.6. The predicted octanol–water partition coefficient (Wildman–Crippen LogP) is 5.51. The molecule has 0 unspecified atom stereocenters. The van der Waals surface area contributed by atoms with Crippen LogP contribution in [0.25, 0.3) is 0 Å². The highest BCUT2D eigenvalue weighted by atomic mass is 16.3. The standard InChI is InChI=1S/C17H34O2/c1-17(19)15-13-11-9-7-5-3-2-4-6-8-10-12-14-16-18/h18-19H,1-16H2. The summed E-state index contributed by atoms with van der Waals surface area (Å²) in [6.07, 6.45) is 17.4. The van der Waals surface area contributed by atoms with E-state index in [9.17, 15) is 0 Å². The van der Waals surface area contributed by atoms with Crippen molar-refractivity contribution in [2.75, 3.05) is 6.61 Å². The molecule has 0 atom stereocenters. The van der Waals surface area contributed by atoms with Gasteiger partial charge in [0.1, 0.15) is 0 Å². The van der Waals surface area contributed by atoms with Crippen LogP contribution in [0.4, 0.5) is 0 Å². The number of rotatable bonds is 15. The maximum absolute atomic E-state index is 8.94. The lowest BCUT2D eigenvalue weighted by Gasteiger charge is -2.03. The van der Waals surface area contributed by atoms with Crippen LogP contribution < -0.4 is 0 Å². The molecule has 0 aromatic carbocycles. The second-order valence-corrected chi connectivity index (χ2v) is 5.64. The van der Waals surface area contributed by atoms with E-state index in [1.54, 1.807) is 0 Å². The van der Waals surface area contributed by atoms with Crippen molar-refractivity contribution in [3.63, 3.8) is 0 Å². The second kappa shape index (κ2) is 15.6. The molecule has 0 saturated heterocycles. The van der Waals surface area contributed by atoms with Crippen molar-refractivity contribution in [1.82, 2.24) is 0 Å². The number of allylic oxidation sites excluding steroid dienone is 1. The number of unbranched alkanes of at least 4 members (excludes halogenated alkanes) is 12. The molecule has 0 aliphatic rings. The molecule has 0 aromatic rings. The van der Waals surface area contributed by atoms with Crippen LogP contribution in [-0.2, 0) is 0 Å². The molecule has 0 bridgehead atoms. The van der Waals surface area contributed by atoms with Gasteiger partial charge in [-0.15, -0.1) is 0 Å². The van der Waals surface area contributed by atoms with Crippen molar-refractivity contribution < 1.29 is 10.2 Å². The molecule has 0 spiro atoms. The van der Waals surface area contributed by atoms with E-state index < -0.39 is 0 Å². The topological polar surface area (TPSA) is 40.5 Å². The fourth-order valence-corrected chi connectivity index (χ4v) is 2.39. The molecule has 2 N–H and O–H groups in total. The summed E-state index contributed by atoms with van der Waals surface area (Å²) in [5.41, 5.74) is 0. The van der Waals surface area contributed by atoms with Gasteiger partial charge in [0, 0.05) is 13.0 Å². The largest absolute Gasteiger partial charge is 0.513 e. The van der Waals surface area contributed by atoms with Crippen molar-refractivity contribution in [3.8, 4) is 0 Å². The Morgan fingerprint density at radius 3 is 1.21 bits per heavy atom. The van der Waals surface area contributed by atoms with E-state index in [0.29, 0.717) is 12.4 Å². The minimum absolute atomic E-state index is 0.332. The average molecular weight is 270 g/mol. The third-order valence-electron chi connectivity index (χ3n) is 3.62. The molecule has 0 aliphatic carbocycles. The van der Waals surface area contributed by atoms with Crippen molar-refractivity contribution in [2.24, 2.45) is 0 Å². The second-order valence-electron chi connectivity index (χ2n) is 5.64. The molecule has 0 saturated carbocycles. The number of hydrogen-bond acceptors (Lipinski definition) is 2. The summed E-state index contributed by atoms with van der Waals surface area (Å²) in [4.78, 5) is 0. The molecule has 0 amide bonds. The van der Waals surface area contributed by atoms with Gasteiger partial charge in [0.15, 0.2) is 0 Å². The highest BCUT2D eigenvalue weighted by Crippen LogP contribution is 2.13. The zero-order valence-electron chi connectivity index (χ0n) is 12.7. The van der Waals surface area contributed by atoms with E-state index in [-0.39, 0.29) is 0 Å². The lowest BCUT2D eigenvalue weighted by Crippen LogP contribution is -1.85. The first-order valence-corrected chi connectivity index (χ1v) is 8.25. The monoisotopic (exact) mass is 270 g/mol. The number of aliphatic hydroxyl groups excluding tert-OH is 2. The van der Waals surface area contributed by atoms with Crippen molar-refractivity contribution in [2.45, 2.75) is 89.9 Å². The molecule has 0 aromatic heterocycles. The van der Waals surface area contributed by atoms with Crippen LogP contribution in [0.15, 0.2) is 12.3 Å². The lowest BCUT2D eigenvalue weighted by molar-refractivity contribution is 0.282. The van der Waals surface area contributed by atoms with Crippen LogP contribution in [-0.4, -0.2) is 16.8 Å². The fraction of sp³-hybridized carbons (Fsp3) is 0.882. The average Bonchev–Trinajstić information content (AvgIpc) is 2.39. The van der Waals surface area contributed by atoms with E-state index in [1.165, 1.54) is 70.6 Å². The highest BCUT2D eigenvalue weighted by molar-refractivity contribution is 4.77. The Bertz CT molecular complexity index is 190. The first kappa shape index (κ1) is 18.5. The minimum Gasteiger partial charge on any atom is -0.513 e. The predicted molar refractivity (Wildman–Crippen MR) is 83.5 cm³/mol. The SMILES string of the molecule is C=C(O)CCCCCCCCCCCCCCCO.